The predicted octanol–water partition coefficient (Wildman–Crippen LogP) is -2.17. The van der Waals surface area contributed by atoms with E-state index in [1.54, 1.807) is 0 Å². The highest BCUT2D eigenvalue weighted by Gasteiger charge is 2.18. The van der Waals surface area contributed by atoms with Gasteiger partial charge < -0.3 is 14.6 Å². The fraction of sp³-hybridized carbons (Fsp3) is 0.143. The maximum Gasteiger partial charge on any atom is 0.306 e. The summed E-state index contributed by atoms with van der Waals surface area (Å²) in [5.41, 5.74) is -0.807. The Hall–Kier alpha value is -1.27. The number of hydrogen-bond donors (Lipinski definition) is 4. The summed E-state index contributed by atoms with van der Waals surface area (Å²) >= 11 is 0. The second kappa shape index (κ2) is 4.93. The van der Waals surface area contributed by atoms with E-state index in [2.05, 4.69) is 4.18 Å². The van der Waals surface area contributed by atoms with Gasteiger partial charge in [0, 0.05) is 6.07 Å². The molecule has 0 aromatic heterocycles. The second-order valence-electron chi connectivity index (χ2n) is 3.11. The van der Waals surface area contributed by atoms with Crippen LogP contribution in [0.2, 0.25) is 0 Å². The van der Waals surface area contributed by atoms with Crippen molar-refractivity contribution in [3.05, 3.63) is 28.6 Å². The smallest absolute Gasteiger partial charge is 0.306 e. The largest absolute Gasteiger partial charge is 0.595 e. The Kier molecular flexibility index (Phi) is 4.00. The zero-order valence-electron chi connectivity index (χ0n) is 8.58. The molecule has 0 spiro atoms. The minimum atomic E-state index is -3.88. The molecule has 4 N–H and O–H groups in total. The van der Waals surface area contributed by atoms with Crippen LogP contribution in [0.25, 0.3) is 0 Å². The summed E-state index contributed by atoms with van der Waals surface area (Å²) < 4.78 is 26.2. The summed E-state index contributed by atoms with van der Waals surface area (Å²) in [6.07, 6.45) is 0.754. The van der Waals surface area contributed by atoms with Crippen LogP contribution in [0.1, 0.15) is 0 Å². The lowest BCUT2D eigenvalue weighted by Gasteiger charge is -2.17. The lowest BCUT2D eigenvalue weighted by molar-refractivity contribution is -0.996. The molecule has 1 rings (SSSR count). The van der Waals surface area contributed by atoms with Gasteiger partial charge in [-0.1, -0.05) is 0 Å². The van der Waals surface area contributed by atoms with Crippen molar-refractivity contribution in [2.24, 2.45) is 0 Å². The number of quaternary nitrogens is 2. The molecule has 0 heterocycles. The number of benzene rings is 1. The Labute approximate surface area is 96.3 Å². The van der Waals surface area contributed by atoms with Gasteiger partial charge in [0.15, 0.2) is 5.69 Å². The van der Waals surface area contributed by atoms with Crippen molar-refractivity contribution < 1.29 is 33.5 Å². The van der Waals surface area contributed by atoms with Gasteiger partial charge in [0.1, 0.15) is 0 Å². The molecule has 2 unspecified atom stereocenters. The summed E-state index contributed by atoms with van der Waals surface area (Å²) in [6, 6.07) is 2.86. The van der Waals surface area contributed by atoms with Crippen LogP contribution in [-0.4, -0.2) is 25.1 Å². The van der Waals surface area contributed by atoms with Gasteiger partial charge in [-0.2, -0.15) is 18.9 Å². The van der Waals surface area contributed by atoms with Crippen molar-refractivity contribution in [2.45, 2.75) is 0 Å². The summed E-state index contributed by atoms with van der Waals surface area (Å²) in [6.45, 7) is 0. The highest BCUT2D eigenvalue weighted by molar-refractivity contribution is 7.86. The fourth-order valence-electron chi connectivity index (χ4n) is 1.07. The Bertz CT molecular complexity index is 499. The van der Waals surface area contributed by atoms with Gasteiger partial charge in [-0.3, -0.25) is 0 Å². The zero-order chi connectivity index (χ0) is 13.2. The highest BCUT2D eigenvalue weighted by Crippen LogP contribution is 2.24. The number of hydrogen-bond acceptors (Lipinski definition) is 7. The van der Waals surface area contributed by atoms with Crippen molar-refractivity contribution >= 4 is 21.5 Å². The van der Waals surface area contributed by atoms with E-state index in [9.17, 15) is 18.8 Å². The average Bonchev–Trinajstić information content (AvgIpc) is 2.14. The van der Waals surface area contributed by atoms with Crippen molar-refractivity contribution in [1.82, 2.24) is 0 Å². The van der Waals surface area contributed by atoms with Crippen molar-refractivity contribution in [2.75, 3.05) is 6.26 Å². The lowest BCUT2D eigenvalue weighted by Crippen LogP contribution is -3.00. The zero-order valence-corrected chi connectivity index (χ0v) is 9.39. The quantitative estimate of drug-likeness (QED) is 0.359. The summed E-state index contributed by atoms with van der Waals surface area (Å²) in [7, 11) is -3.88. The molecule has 0 fully saturated rings. The first-order valence-corrected chi connectivity index (χ1v) is 6.02. The molecule has 0 amide bonds. The van der Waals surface area contributed by atoms with Crippen molar-refractivity contribution in [3.8, 4) is 5.75 Å². The third-order valence-electron chi connectivity index (χ3n) is 1.70. The maximum atomic E-state index is 10.9. The topological polar surface area (TPSA) is 139 Å². The Morgan fingerprint density at radius 1 is 1.24 bits per heavy atom. The standard InChI is InChI=1S/C7H10N2O7S/c1-17(14,15)16-7-3-2-5(8(10)11)4-6(7)9(12)13/h2-4,8-10,12H,1H3. The molecule has 2 atom stereocenters. The summed E-state index contributed by atoms with van der Waals surface area (Å²) in [5.74, 6) is -0.426. The van der Waals surface area contributed by atoms with Gasteiger partial charge in [-0.15, -0.1) is 0 Å². The molecule has 96 valence electrons. The van der Waals surface area contributed by atoms with Crippen LogP contribution in [0.4, 0.5) is 11.4 Å². The molecule has 0 saturated carbocycles. The molecule has 0 radical (unpaired) electrons. The first kappa shape index (κ1) is 13.8. The lowest BCUT2D eigenvalue weighted by atomic mass is 10.2. The van der Waals surface area contributed by atoms with E-state index in [0.29, 0.717) is 0 Å². The molecule has 0 aliphatic heterocycles. The predicted molar refractivity (Wildman–Crippen MR) is 53.5 cm³/mol. The minimum absolute atomic E-state index is 0.275. The van der Waals surface area contributed by atoms with E-state index >= 15 is 0 Å². The highest BCUT2D eigenvalue weighted by atomic mass is 32.2. The minimum Gasteiger partial charge on any atom is -0.595 e. The third kappa shape index (κ3) is 3.90. The molecule has 0 saturated heterocycles. The molecular weight excluding hydrogens is 256 g/mol. The van der Waals surface area contributed by atoms with Crippen LogP contribution in [0.3, 0.4) is 0 Å². The van der Waals surface area contributed by atoms with Gasteiger partial charge in [0.05, 0.1) is 12.3 Å². The van der Waals surface area contributed by atoms with E-state index in [0.717, 1.165) is 24.5 Å². The van der Waals surface area contributed by atoms with Crippen molar-refractivity contribution in [1.29, 1.82) is 0 Å². The van der Waals surface area contributed by atoms with E-state index in [1.165, 1.54) is 0 Å². The van der Waals surface area contributed by atoms with Crippen LogP contribution < -0.4 is 14.6 Å². The SMILES string of the molecule is CS(=O)(=O)Oc1ccc([NH+]([O-])O)cc1[NH+]([O-])O. The molecule has 1 aromatic carbocycles. The Balaban J connectivity index is 3.22. The third-order valence-corrected chi connectivity index (χ3v) is 2.18. The second-order valence-corrected chi connectivity index (χ2v) is 4.68. The molecule has 10 heteroatoms. The Morgan fingerprint density at radius 3 is 2.24 bits per heavy atom. The molecule has 1 aromatic rings. The van der Waals surface area contributed by atoms with Gasteiger partial charge in [0.25, 0.3) is 0 Å². The first-order valence-electron chi connectivity index (χ1n) is 4.21. The summed E-state index contributed by atoms with van der Waals surface area (Å²) in [4.78, 5) is 0. The molecule has 0 aliphatic carbocycles. The summed E-state index contributed by atoms with van der Waals surface area (Å²) in [5, 5.41) is 36.1. The van der Waals surface area contributed by atoms with Crippen LogP contribution in [0, 0.1) is 10.4 Å². The van der Waals surface area contributed by atoms with Gasteiger partial charge in [-0.05, 0) is 6.07 Å². The van der Waals surface area contributed by atoms with Crippen LogP contribution in [0.5, 0.6) is 5.75 Å². The molecule has 9 nitrogen and oxygen atoms in total. The number of nitrogens with one attached hydrogen (secondary N) is 2. The van der Waals surface area contributed by atoms with E-state index in [1.807, 2.05) is 0 Å². The molecule has 0 bridgehead atoms. The first-order chi connectivity index (χ1) is 7.70. The van der Waals surface area contributed by atoms with E-state index < -0.39 is 32.0 Å². The number of rotatable bonds is 4. The van der Waals surface area contributed by atoms with Crippen LogP contribution >= 0.6 is 0 Å². The van der Waals surface area contributed by atoms with E-state index in [-0.39, 0.29) is 5.69 Å². The Morgan fingerprint density at radius 2 is 1.82 bits per heavy atom. The maximum absolute atomic E-state index is 10.9. The average molecular weight is 266 g/mol. The monoisotopic (exact) mass is 266 g/mol. The molecule has 0 aliphatic rings. The van der Waals surface area contributed by atoms with Gasteiger partial charge >= 0.3 is 10.1 Å². The normalized spacial score (nSPS) is 15.4. The fourth-order valence-corrected chi connectivity index (χ4v) is 1.54. The van der Waals surface area contributed by atoms with Crippen LogP contribution in [0.15, 0.2) is 18.2 Å². The molecule has 17 heavy (non-hydrogen) atoms. The van der Waals surface area contributed by atoms with Gasteiger partial charge in [-0.25, -0.2) is 10.4 Å². The van der Waals surface area contributed by atoms with Gasteiger partial charge in [0.2, 0.25) is 11.4 Å². The van der Waals surface area contributed by atoms with Crippen molar-refractivity contribution in [3.63, 3.8) is 0 Å². The van der Waals surface area contributed by atoms with Crippen LogP contribution in [-0.2, 0) is 10.1 Å². The van der Waals surface area contributed by atoms with E-state index in [4.69, 9.17) is 10.4 Å². The molecular formula is C7H10N2O7S.